The Kier molecular flexibility index (Phi) is 3.93. The van der Waals surface area contributed by atoms with Gasteiger partial charge < -0.3 is 5.32 Å². The zero-order valence-electron chi connectivity index (χ0n) is 9.84. The highest BCUT2D eigenvalue weighted by molar-refractivity contribution is 7.99. The van der Waals surface area contributed by atoms with E-state index in [2.05, 4.69) is 20.3 Å². The van der Waals surface area contributed by atoms with Crippen LogP contribution in [-0.2, 0) is 6.42 Å². The van der Waals surface area contributed by atoms with E-state index < -0.39 is 0 Å². The summed E-state index contributed by atoms with van der Waals surface area (Å²) < 4.78 is 0. The van der Waals surface area contributed by atoms with Gasteiger partial charge >= 0.3 is 0 Å². The molecule has 0 radical (unpaired) electrons. The molecule has 0 aliphatic heterocycles. The first-order valence-electron chi connectivity index (χ1n) is 5.46. The second kappa shape index (κ2) is 5.63. The monoisotopic (exact) mass is 246 g/mol. The third kappa shape index (κ3) is 3.17. The van der Waals surface area contributed by atoms with E-state index in [0.717, 1.165) is 28.1 Å². The number of aryl methyl sites for hydroxylation is 1. The molecule has 1 N–H and O–H groups in total. The van der Waals surface area contributed by atoms with E-state index in [-0.39, 0.29) is 0 Å². The van der Waals surface area contributed by atoms with Crippen molar-refractivity contribution >= 4 is 17.6 Å². The van der Waals surface area contributed by atoms with E-state index in [9.17, 15) is 0 Å². The van der Waals surface area contributed by atoms with E-state index in [4.69, 9.17) is 0 Å². The summed E-state index contributed by atoms with van der Waals surface area (Å²) in [6, 6.07) is 7.77. The number of hydrogen-bond acceptors (Lipinski definition) is 5. The van der Waals surface area contributed by atoms with Crippen LogP contribution in [0.1, 0.15) is 12.7 Å². The molecule has 4 nitrogen and oxygen atoms in total. The first-order valence-corrected chi connectivity index (χ1v) is 6.28. The smallest absolute Gasteiger partial charge is 0.131 e. The molecule has 0 unspecified atom stereocenters. The Balaban J connectivity index is 2.26. The fraction of sp³-hybridized carbons (Fsp3) is 0.250. The van der Waals surface area contributed by atoms with E-state index >= 15 is 0 Å². The van der Waals surface area contributed by atoms with Gasteiger partial charge in [0.05, 0.1) is 0 Å². The van der Waals surface area contributed by atoms with E-state index in [0.29, 0.717) is 0 Å². The van der Waals surface area contributed by atoms with E-state index in [1.54, 1.807) is 18.0 Å². The molecule has 0 saturated carbocycles. The van der Waals surface area contributed by atoms with Crippen LogP contribution < -0.4 is 5.32 Å². The SMILES string of the molecule is CCc1nc(NC)cc(Sc2ccccn2)n1. The maximum Gasteiger partial charge on any atom is 0.131 e. The van der Waals surface area contributed by atoms with E-state index in [1.807, 2.05) is 38.2 Å². The highest BCUT2D eigenvalue weighted by Gasteiger charge is 2.04. The zero-order chi connectivity index (χ0) is 12.1. The summed E-state index contributed by atoms with van der Waals surface area (Å²) in [7, 11) is 1.86. The number of anilines is 1. The number of rotatable bonds is 4. The molecule has 0 aliphatic carbocycles. The molecular weight excluding hydrogens is 232 g/mol. The van der Waals surface area contributed by atoms with Crippen LogP contribution in [0.25, 0.3) is 0 Å². The van der Waals surface area contributed by atoms with Gasteiger partial charge in [0.15, 0.2) is 0 Å². The number of nitrogens with zero attached hydrogens (tertiary/aromatic N) is 3. The van der Waals surface area contributed by atoms with Gasteiger partial charge in [-0.3, -0.25) is 0 Å². The van der Waals surface area contributed by atoms with Gasteiger partial charge in [-0.25, -0.2) is 15.0 Å². The fourth-order valence-corrected chi connectivity index (χ4v) is 2.12. The molecule has 0 amide bonds. The quantitative estimate of drug-likeness (QED) is 0.840. The van der Waals surface area contributed by atoms with Crippen LogP contribution >= 0.6 is 11.8 Å². The van der Waals surface area contributed by atoms with Crippen LogP contribution in [0.5, 0.6) is 0 Å². The summed E-state index contributed by atoms with van der Waals surface area (Å²) in [6.45, 7) is 2.05. The Labute approximate surface area is 105 Å². The van der Waals surface area contributed by atoms with E-state index in [1.165, 1.54) is 0 Å². The van der Waals surface area contributed by atoms with Crippen LogP contribution in [0.3, 0.4) is 0 Å². The minimum Gasteiger partial charge on any atom is -0.373 e. The standard InChI is InChI=1S/C12H14N4S/c1-3-9-15-10(13-2)8-12(16-9)17-11-6-4-5-7-14-11/h4-8H,3H2,1-2H3,(H,13,15,16). The lowest BCUT2D eigenvalue weighted by Crippen LogP contribution is -2.00. The maximum atomic E-state index is 4.47. The summed E-state index contributed by atoms with van der Waals surface area (Å²) >= 11 is 1.54. The van der Waals surface area contributed by atoms with Crippen molar-refractivity contribution in [3.05, 3.63) is 36.3 Å². The molecule has 0 bridgehead atoms. The first kappa shape index (κ1) is 11.9. The lowest BCUT2D eigenvalue weighted by Gasteiger charge is -2.05. The second-order valence-corrected chi connectivity index (χ2v) is 4.42. The maximum absolute atomic E-state index is 4.47. The molecule has 0 spiro atoms. The molecule has 17 heavy (non-hydrogen) atoms. The minimum absolute atomic E-state index is 0.825. The molecule has 0 aromatic carbocycles. The molecule has 0 aliphatic rings. The largest absolute Gasteiger partial charge is 0.373 e. The molecule has 0 saturated heterocycles. The van der Waals surface area contributed by atoms with Gasteiger partial charge in [0.1, 0.15) is 21.7 Å². The topological polar surface area (TPSA) is 50.7 Å². The fourth-order valence-electron chi connectivity index (χ4n) is 1.33. The normalized spacial score (nSPS) is 10.2. The summed E-state index contributed by atoms with van der Waals surface area (Å²) in [6.07, 6.45) is 2.61. The Morgan fingerprint density at radius 2 is 2.12 bits per heavy atom. The highest BCUT2D eigenvalue weighted by atomic mass is 32.2. The van der Waals surface area contributed by atoms with Crippen molar-refractivity contribution in [2.75, 3.05) is 12.4 Å². The lowest BCUT2D eigenvalue weighted by atomic mass is 10.4. The highest BCUT2D eigenvalue weighted by Crippen LogP contribution is 2.25. The number of aromatic nitrogens is 3. The summed E-state index contributed by atoms with van der Waals surface area (Å²) in [5, 5.41) is 4.90. The van der Waals surface area contributed by atoms with Gasteiger partial charge in [-0.05, 0) is 23.9 Å². The average molecular weight is 246 g/mol. The minimum atomic E-state index is 0.825. The Bertz CT molecular complexity index is 465. The molecule has 2 aromatic rings. The molecule has 88 valence electrons. The third-order valence-corrected chi connectivity index (χ3v) is 3.04. The van der Waals surface area contributed by atoms with Crippen molar-refractivity contribution in [1.29, 1.82) is 0 Å². The van der Waals surface area contributed by atoms with Gasteiger partial charge in [0.25, 0.3) is 0 Å². The van der Waals surface area contributed by atoms with Crippen LogP contribution in [0.2, 0.25) is 0 Å². The number of hydrogen-bond donors (Lipinski definition) is 1. The van der Waals surface area contributed by atoms with Crippen LogP contribution in [0.4, 0.5) is 5.82 Å². The van der Waals surface area contributed by atoms with Gasteiger partial charge in [-0.1, -0.05) is 13.0 Å². The van der Waals surface area contributed by atoms with Crippen LogP contribution in [0.15, 0.2) is 40.5 Å². The molecule has 0 fully saturated rings. The van der Waals surface area contributed by atoms with Crippen LogP contribution in [-0.4, -0.2) is 22.0 Å². The van der Waals surface area contributed by atoms with Gasteiger partial charge in [0.2, 0.25) is 0 Å². The third-order valence-electron chi connectivity index (χ3n) is 2.17. The van der Waals surface area contributed by atoms with Crippen molar-refractivity contribution in [2.24, 2.45) is 0 Å². The summed E-state index contributed by atoms with van der Waals surface area (Å²) in [5.41, 5.74) is 0. The molecule has 2 aromatic heterocycles. The first-order chi connectivity index (χ1) is 8.31. The molecular formula is C12H14N4S. The van der Waals surface area contributed by atoms with Crippen molar-refractivity contribution in [2.45, 2.75) is 23.4 Å². The molecule has 2 rings (SSSR count). The molecule has 0 atom stereocenters. The predicted octanol–water partition coefficient (Wildman–Crippen LogP) is 2.63. The van der Waals surface area contributed by atoms with Crippen molar-refractivity contribution in [1.82, 2.24) is 15.0 Å². The number of nitrogens with one attached hydrogen (secondary N) is 1. The lowest BCUT2D eigenvalue weighted by molar-refractivity contribution is 0.890. The Morgan fingerprint density at radius 3 is 2.76 bits per heavy atom. The number of pyridine rings is 1. The van der Waals surface area contributed by atoms with Crippen molar-refractivity contribution in [3.8, 4) is 0 Å². The van der Waals surface area contributed by atoms with Gasteiger partial charge in [-0.2, -0.15) is 0 Å². The van der Waals surface area contributed by atoms with Crippen LogP contribution in [0, 0.1) is 0 Å². The Morgan fingerprint density at radius 1 is 1.24 bits per heavy atom. The van der Waals surface area contributed by atoms with Gasteiger partial charge in [-0.15, -0.1) is 0 Å². The average Bonchev–Trinajstić information content (AvgIpc) is 2.39. The molecule has 2 heterocycles. The molecule has 5 heteroatoms. The second-order valence-electron chi connectivity index (χ2n) is 3.38. The Hall–Kier alpha value is -1.62. The van der Waals surface area contributed by atoms with Crippen molar-refractivity contribution < 1.29 is 0 Å². The zero-order valence-corrected chi connectivity index (χ0v) is 10.7. The summed E-state index contributed by atoms with van der Waals surface area (Å²) in [5.74, 6) is 1.69. The van der Waals surface area contributed by atoms with Crippen molar-refractivity contribution in [3.63, 3.8) is 0 Å². The van der Waals surface area contributed by atoms with Gasteiger partial charge in [0, 0.05) is 25.7 Å². The summed E-state index contributed by atoms with van der Waals surface area (Å²) in [4.78, 5) is 13.1. The predicted molar refractivity (Wildman–Crippen MR) is 69.3 cm³/mol.